The van der Waals surface area contributed by atoms with Gasteiger partial charge in [-0.25, -0.2) is 4.98 Å². The molecule has 0 amide bonds. The molecule has 1 aliphatic heterocycles. The van der Waals surface area contributed by atoms with Crippen molar-refractivity contribution in [1.29, 1.82) is 0 Å². The Labute approximate surface area is 82.7 Å². The van der Waals surface area contributed by atoms with Crippen molar-refractivity contribution < 1.29 is 4.74 Å². The second-order valence-electron chi connectivity index (χ2n) is 3.08. The van der Waals surface area contributed by atoms with Gasteiger partial charge >= 0.3 is 0 Å². The van der Waals surface area contributed by atoms with E-state index in [2.05, 4.69) is 4.98 Å². The first-order valence-corrected chi connectivity index (χ1v) is 5.52. The van der Waals surface area contributed by atoms with Crippen molar-refractivity contribution in [3.05, 3.63) is 24.4 Å². The van der Waals surface area contributed by atoms with Crippen molar-refractivity contribution in [3.8, 4) is 0 Å². The average molecular weight is 195 g/mol. The lowest BCUT2D eigenvalue weighted by atomic mass is 10.2. The summed E-state index contributed by atoms with van der Waals surface area (Å²) >= 11 is 1.73. The third-order valence-corrected chi connectivity index (χ3v) is 3.15. The molecule has 1 saturated heterocycles. The number of pyridine rings is 1. The van der Waals surface area contributed by atoms with Crippen molar-refractivity contribution in [2.45, 2.75) is 29.7 Å². The Hall–Kier alpha value is -0.540. The zero-order valence-corrected chi connectivity index (χ0v) is 8.30. The molecule has 0 aliphatic carbocycles. The molecule has 3 heteroatoms. The van der Waals surface area contributed by atoms with E-state index in [1.54, 1.807) is 11.8 Å². The second-order valence-corrected chi connectivity index (χ2v) is 4.26. The summed E-state index contributed by atoms with van der Waals surface area (Å²) in [4.78, 5) is 4.26. The maximum Gasteiger partial charge on any atom is 0.109 e. The van der Waals surface area contributed by atoms with Crippen molar-refractivity contribution in [2.24, 2.45) is 0 Å². The van der Waals surface area contributed by atoms with E-state index in [0.717, 1.165) is 18.1 Å². The lowest BCUT2D eigenvalue weighted by Crippen LogP contribution is -2.15. The average Bonchev–Trinajstić information content (AvgIpc) is 2.21. The van der Waals surface area contributed by atoms with E-state index in [1.165, 1.54) is 12.8 Å². The van der Waals surface area contributed by atoms with Crippen LogP contribution in [0.1, 0.15) is 19.3 Å². The number of hydrogen-bond acceptors (Lipinski definition) is 3. The lowest BCUT2D eigenvalue weighted by molar-refractivity contribution is 0.0727. The molecule has 0 radical (unpaired) electrons. The standard InChI is InChI=1S/C10H13NOS/c1-3-7-11-9(5-1)13-10-6-2-4-8-12-10/h1,3,5,7,10H,2,4,6,8H2/t10-/m0/s1. The number of aromatic nitrogens is 1. The van der Waals surface area contributed by atoms with Crippen LogP contribution in [0.25, 0.3) is 0 Å². The van der Waals surface area contributed by atoms with Crippen LogP contribution in [0.4, 0.5) is 0 Å². The third kappa shape index (κ3) is 2.71. The van der Waals surface area contributed by atoms with Gasteiger partial charge in [0.25, 0.3) is 0 Å². The maximum atomic E-state index is 5.60. The third-order valence-electron chi connectivity index (χ3n) is 2.03. The van der Waals surface area contributed by atoms with Crippen molar-refractivity contribution in [2.75, 3.05) is 6.61 Å². The second kappa shape index (κ2) is 4.63. The van der Waals surface area contributed by atoms with E-state index in [0.29, 0.717) is 5.44 Å². The van der Waals surface area contributed by atoms with Crippen LogP contribution in [0.3, 0.4) is 0 Å². The molecule has 0 aromatic carbocycles. The maximum absolute atomic E-state index is 5.60. The largest absolute Gasteiger partial charge is 0.367 e. The Kier molecular flexibility index (Phi) is 3.22. The molecule has 2 nitrogen and oxygen atoms in total. The van der Waals surface area contributed by atoms with Crippen LogP contribution >= 0.6 is 11.8 Å². The molecule has 0 unspecified atom stereocenters. The Balaban J connectivity index is 1.90. The molecule has 0 saturated carbocycles. The summed E-state index contributed by atoms with van der Waals surface area (Å²) in [6, 6.07) is 5.98. The number of thioether (sulfide) groups is 1. The summed E-state index contributed by atoms with van der Waals surface area (Å²) in [5.74, 6) is 0. The molecule has 1 atom stereocenters. The highest BCUT2D eigenvalue weighted by Gasteiger charge is 2.14. The van der Waals surface area contributed by atoms with Gasteiger partial charge in [-0.15, -0.1) is 0 Å². The number of hydrogen-bond donors (Lipinski definition) is 0. The van der Waals surface area contributed by atoms with Gasteiger partial charge in [0, 0.05) is 12.8 Å². The van der Waals surface area contributed by atoms with E-state index in [9.17, 15) is 0 Å². The molecule has 0 spiro atoms. The summed E-state index contributed by atoms with van der Waals surface area (Å²) in [6.07, 6.45) is 5.47. The number of nitrogens with zero attached hydrogens (tertiary/aromatic N) is 1. The van der Waals surface area contributed by atoms with Gasteiger partial charge in [0.1, 0.15) is 5.44 Å². The minimum Gasteiger partial charge on any atom is -0.367 e. The summed E-state index contributed by atoms with van der Waals surface area (Å²) in [5, 5.41) is 1.06. The van der Waals surface area contributed by atoms with Crippen molar-refractivity contribution in [3.63, 3.8) is 0 Å². The zero-order valence-electron chi connectivity index (χ0n) is 7.48. The predicted octanol–water partition coefficient (Wildman–Crippen LogP) is 2.70. The summed E-state index contributed by atoms with van der Waals surface area (Å²) < 4.78 is 5.60. The quantitative estimate of drug-likeness (QED) is 0.724. The molecular weight excluding hydrogens is 182 g/mol. The molecule has 1 fully saturated rings. The highest BCUT2D eigenvalue weighted by Crippen LogP contribution is 2.28. The van der Waals surface area contributed by atoms with Crippen LogP contribution in [0, 0.1) is 0 Å². The van der Waals surface area contributed by atoms with E-state index in [1.807, 2.05) is 24.4 Å². The predicted molar refractivity (Wildman–Crippen MR) is 53.7 cm³/mol. The minimum atomic E-state index is 0.323. The van der Waals surface area contributed by atoms with Gasteiger partial charge in [-0.2, -0.15) is 0 Å². The topological polar surface area (TPSA) is 22.1 Å². The van der Waals surface area contributed by atoms with Crippen LogP contribution in [0.15, 0.2) is 29.4 Å². The molecule has 13 heavy (non-hydrogen) atoms. The normalized spacial score (nSPS) is 22.9. The molecule has 1 aliphatic rings. The Morgan fingerprint density at radius 3 is 3.08 bits per heavy atom. The van der Waals surface area contributed by atoms with E-state index < -0.39 is 0 Å². The van der Waals surface area contributed by atoms with Crippen LogP contribution in [-0.4, -0.2) is 17.0 Å². The highest BCUT2D eigenvalue weighted by molar-refractivity contribution is 7.99. The molecular formula is C10H13NOS. The van der Waals surface area contributed by atoms with Crippen LogP contribution in [-0.2, 0) is 4.74 Å². The Bertz CT molecular complexity index is 246. The molecule has 70 valence electrons. The molecule has 0 N–H and O–H groups in total. The fraction of sp³-hybridized carbons (Fsp3) is 0.500. The Morgan fingerprint density at radius 1 is 1.38 bits per heavy atom. The molecule has 0 bridgehead atoms. The first-order chi connectivity index (χ1) is 6.45. The van der Waals surface area contributed by atoms with Gasteiger partial charge in [0.15, 0.2) is 0 Å². The fourth-order valence-electron chi connectivity index (χ4n) is 1.36. The van der Waals surface area contributed by atoms with Gasteiger partial charge < -0.3 is 4.74 Å². The molecule has 1 aromatic rings. The van der Waals surface area contributed by atoms with Gasteiger partial charge in [-0.1, -0.05) is 17.8 Å². The first kappa shape index (κ1) is 9.03. The fourth-order valence-corrected chi connectivity index (χ4v) is 2.35. The number of ether oxygens (including phenoxy) is 1. The zero-order chi connectivity index (χ0) is 8.93. The summed E-state index contributed by atoms with van der Waals surface area (Å²) in [5.41, 5.74) is 0.323. The van der Waals surface area contributed by atoms with E-state index >= 15 is 0 Å². The van der Waals surface area contributed by atoms with Crippen LogP contribution in [0.5, 0.6) is 0 Å². The van der Waals surface area contributed by atoms with Crippen LogP contribution in [0.2, 0.25) is 0 Å². The van der Waals surface area contributed by atoms with Crippen LogP contribution < -0.4 is 0 Å². The summed E-state index contributed by atoms with van der Waals surface area (Å²) in [6.45, 7) is 0.907. The van der Waals surface area contributed by atoms with Gasteiger partial charge in [0.2, 0.25) is 0 Å². The van der Waals surface area contributed by atoms with Gasteiger partial charge in [-0.3, -0.25) is 0 Å². The van der Waals surface area contributed by atoms with Gasteiger partial charge in [0.05, 0.1) is 5.03 Å². The number of rotatable bonds is 2. The lowest BCUT2D eigenvalue weighted by Gasteiger charge is -2.21. The van der Waals surface area contributed by atoms with E-state index in [-0.39, 0.29) is 0 Å². The summed E-state index contributed by atoms with van der Waals surface area (Å²) in [7, 11) is 0. The van der Waals surface area contributed by atoms with E-state index in [4.69, 9.17) is 4.74 Å². The highest BCUT2D eigenvalue weighted by atomic mass is 32.2. The smallest absolute Gasteiger partial charge is 0.109 e. The Morgan fingerprint density at radius 2 is 2.38 bits per heavy atom. The molecule has 1 aromatic heterocycles. The monoisotopic (exact) mass is 195 g/mol. The SMILES string of the molecule is c1ccc(S[C@H]2CCCCO2)nc1. The van der Waals surface area contributed by atoms with Crippen molar-refractivity contribution >= 4 is 11.8 Å². The first-order valence-electron chi connectivity index (χ1n) is 4.64. The minimum absolute atomic E-state index is 0.323. The van der Waals surface area contributed by atoms with Crippen molar-refractivity contribution in [1.82, 2.24) is 4.98 Å². The molecule has 2 heterocycles. The van der Waals surface area contributed by atoms with Gasteiger partial charge in [-0.05, 0) is 31.4 Å². The molecule has 2 rings (SSSR count).